The van der Waals surface area contributed by atoms with Crippen LogP contribution in [-0.2, 0) is 14.8 Å². The summed E-state index contributed by atoms with van der Waals surface area (Å²) in [5, 5.41) is 0. The Labute approximate surface area is 116 Å². The molecule has 0 amide bonds. The number of hydrogen-bond acceptors (Lipinski definition) is 5. The van der Waals surface area contributed by atoms with E-state index in [1.54, 1.807) is 0 Å². The second kappa shape index (κ2) is 6.29. The molecule has 1 atom stereocenters. The Morgan fingerprint density at radius 3 is 3.00 bits per heavy atom. The monoisotopic (exact) mass is 310 g/mol. The number of aromatic nitrogens is 1. The third kappa shape index (κ3) is 3.89. The predicted molar refractivity (Wildman–Crippen MR) is 70.5 cm³/mol. The lowest BCUT2D eigenvalue weighted by molar-refractivity contribution is 0.0123. The fourth-order valence-electron chi connectivity index (χ4n) is 1.82. The Bertz CT molecular complexity index is 483. The zero-order chi connectivity index (χ0) is 13.0. The van der Waals surface area contributed by atoms with Crippen LogP contribution in [0.2, 0.25) is 4.47 Å². The Balaban J connectivity index is 1.82. The minimum Gasteiger partial charge on any atom is -0.378 e. The molecule has 1 aliphatic heterocycles. The van der Waals surface area contributed by atoms with E-state index in [4.69, 9.17) is 16.3 Å². The van der Waals surface area contributed by atoms with Gasteiger partial charge in [-0.3, -0.25) is 0 Å². The Morgan fingerprint density at radius 2 is 2.39 bits per heavy atom. The zero-order valence-corrected chi connectivity index (χ0v) is 12.2. The van der Waals surface area contributed by atoms with E-state index in [0.29, 0.717) is 13.0 Å². The number of sulfonamides is 1. The number of hydrogen-bond donors (Lipinski definition) is 1. The van der Waals surface area contributed by atoms with Crippen molar-refractivity contribution in [3.05, 3.63) is 10.7 Å². The topological polar surface area (TPSA) is 68.3 Å². The van der Waals surface area contributed by atoms with Gasteiger partial charge in [0.1, 0.15) is 0 Å². The summed E-state index contributed by atoms with van der Waals surface area (Å²) in [5.74, 6) is 0. The maximum Gasteiger partial charge on any atom is 0.251 e. The molecule has 1 saturated heterocycles. The van der Waals surface area contributed by atoms with Crippen molar-refractivity contribution in [3.8, 4) is 0 Å². The first-order chi connectivity index (χ1) is 8.58. The minimum absolute atomic E-state index is 0.150. The van der Waals surface area contributed by atoms with Crippen molar-refractivity contribution in [3.63, 3.8) is 0 Å². The van der Waals surface area contributed by atoms with Crippen LogP contribution in [0, 0.1) is 0 Å². The van der Waals surface area contributed by atoms with E-state index in [0.717, 1.165) is 37.2 Å². The first kappa shape index (κ1) is 14.2. The Kier molecular flexibility index (Phi) is 4.97. The molecule has 0 aliphatic carbocycles. The van der Waals surface area contributed by atoms with Gasteiger partial charge in [0.2, 0.25) is 0 Å². The number of thiazole rings is 1. The van der Waals surface area contributed by atoms with E-state index < -0.39 is 10.0 Å². The molecule has 1 aromatic heterocycles. The average Bonchev–Trinajstić information content (AvgIpc) is 2.78. The highest BCUT2D eigenvalue weighted by atomic mass is 35.5. The van der Waals surface area contributed by atoms with Crippen LogP contribution in [0.3, 0.4) is 0 Å². The van der Waals surface area contributed by atoms with E-state index in [9.17, 15) is 8.42 Å². The second-order valence-electron chi connectivity index (χ2n) is 4.11. The summed E-state index contributed by atoms with van der Waals surface area (Å²) in [7, 11) is -3.47. The van der Waals surface area contributed by atoms with Crippen LogP contribution in [0.1, 0.15) is 25.7 Å². The molecule has 1 unspecified atom stereocenters. The molecule has 1 aromatic rings. The van der Waals surface area contributed by atoms with Gasteiger partial charge in [-0.15, -0.1) is 0 Å². The number of halogens is 1. The molecule has 5 nitrogen and oxygen atoms in total. The standard InChI is InChI=1S/C10H15ClN2O3S2/c11-10-12-7-9(17-10)18(14,15)13-5-4-8-3-1-2-6-16-8/h7-8,13H,1-6H2. The van der Waals surface area contributed by atoms with Gasteiger partial charge in [0, 0.05) is 13.2 Å². The van der Waals surface area contributed by atoms with Crippen LogP contribution >= 0.6 is 22.9 Å². The van der Waals surface area contributed by atoms with Gasteiger partial charge in [0.25, 0.3) is 10.0 Å². The molecule has 1 aliphatic rings. The van der Waals surface area contributed by atoms with E-state index in [-0.39, 0.29) is 14.8 Å². The van der Waals surface area contributed by atoms with Crippen LogP contribution in [0.15, 0.2) is 10.4 Å². The van der Waals surface area contributed by atoms with Gasteiger partial charge in [-0.1, -0.05) is 22.9 Å². The molecule has 0 spiro atoms. The number of ether oxygens (including phenoxy) is 1. The SMILES string of the molecule is O=S(=O)(NCCC1CCCCO1)c1cnc(Cl)s1. The highest BCUT2D eigenvalue weighted by Gasteiger charge is 2.19. The molecule has 2 rings (SSSR count). The molecule has 0 bridgehead atoms. The molecule has 8 heteroatoms. The van der Waals surface area contributed by atoms with Gasteiger partial charge in [0.15, 0.2) is 8.68 Å². The van der Waals surface area contributed by atoms with Crippen molar-refractivity contribution in [2.75, 3.05) is 13.2 Å². The molecular formula is C10H15ClN2O3S2. The highest BCUT2D eigenvalue weighted by Crippen LogP contribution is 2.22. The zero-order valence-electron chi connectivity index (χ0n) is 9.76. The van der Waals surface area contributed by atoms with Crippen molar-refractivity contribution in [2.45, 2.75) is 36.0 Å². The minimum atomic E-state index is -3.47. The number of nitrogens with one attached hydrogen (secondary N) is 1. The van der Waals surface area contributed by atoms with Gasteiger partial charge in [0.05, 0.1) is 12.3 Å². The molecule has 0 saturated carbocycles. The molecule has 1 fully saturated rings. The normalized spacial score (nSPS) is 21.1. The van der Waals surface area contributed by atoms with E-state index in [1.807, 2.05) is 0 Å². The summed E-state index contributed by atoms with van der Waals surface area (Å²) < 4.78 is 32.1. The molecule has 0 aromatic carbocycles. The maximum absolute atomic E-state index is 11.8. The van der Waals surface area contributed by atoms with E-state index in [2.05, 4.69) is 9.71 Å². The molecule has 2 heterocycles. The maximum atomic E-state index is 11.8. The lowest BCUT2D eigenvalue weighted by atomic mass is 10.1. The van der Waals surface area contributed by atoms with E-state index in [1.165, 1.54) is 6.20 Å². The molecule has 1 N–H and O–H groups in total. The lowest BCUT2D eigenvalue weighted by Gasteiger charge is -2.22. The van der Waals surface area contributed by atoms with Crippen molar-refractivity contribution in [2.24, 2.45) is 0 Å². The van der Waals surface area contributed by atoms with Gasteiger partial charge in [-0.25, -0.2) is 18.1 Å². The summed E-state index contributed by atoms with van der Waals surface area (Å²) in [6.07, 6.45) is 5.40. The highest BCUT2D eigenvalue weighted by molar-refractivity contribution is 7.91. The number of nitrogens with zero attached hydrogens (tertiary/aromatic N) is 1. The van der Waals surface area contributed by atoms with Gasteiger partial charge in [-0.05, 0) is 25.7 Å². The molecule has 0 radical (unpaired) electrons. The Morgan fingerprint density at radius 1 is 1.56 bits per heavy atom. The Hall–Kier alpha value is -0.210. The van der Waals surface area contributed by atoms with Crippen molar-refractivity contribution in [1.82, 2.24) is 9.71 Å². The first-order valence-corrected chi connectivity index (χ1v) is 8.48. The molecule has 18 heavy (non-hydrogen) atoms. The third-order valence-corrected chi connectivity index (χ3v) is 5.79. The van der Waals surface area contributed by atoms with Gasteiger partial charge >= 0.3 is 0 Å². The molecule has 102 valence electrons. The summed E-state index contributed by atoms with van der Waals surface area (Å²) >= 11 is 6.57. The summed E-state index contributed by atoms with van der Waals surface area (Å²) in [4.78, 5) is 3.72. The summed E-state index contributed by atoms with van der Waals surface area (Å²) in [5.41, 5.74) is 0. The van der Waals surface area contributed by atoms with E-state index >= 15 is 0 Å². The quantitative estimate of drug-likeness (QED) is 0.903. The smallest absolute Gasteiger partial charge is 0.251 e. The lowest BCUT2D eigenvalue weighted by Crippen LogP contribution is -2.29. The summed E-state index contributed by atoms with van der Waals surface area (Å²) in [6, 6.07) is 0. The fourth-order valence-corrected chi connectivity index (χ4v) is 4.21. The van der Waals surface area contributed by atoms with Crippen LogP contribution in [0.5, 0.6) is 0 Å². The van der Waals surface area contributed by atoms with Crippen LogP contribution in [0.4, 0.5) is 0 Å². The van der Waals surface area contributed by atoms with Gasteiger partial charge < -0.3 is 4.74 Å². The fraction of sp³-hybridized carbons (Fsp3) is 0.700. The van der Waals surface area contributed by atoms with Crippen LogP contribution in [-0.4, -0.2) is 32.7 Å². The number of rotatable bonds is 5. The average molecular weight is 311 g/mol. The van der Waals surface area contributed by atoms with Crippen molar-refractivity contribution >= 4 is 33.0 Å². The third-order valence-electron chi connectivity index (χ3n) is 2.75. The van der Waals surface area contributed by atoms with Crippen LogP contribution < -0.4 is 4.72 Å². The predicted octanol–water partition coefficient (Wildman–Crippen LogP) is 2.03. The van der Waals surface area contributed by atoms with Crippen LogP contribution in [0.25, 0.3) is 0 Å². The second-order valence-corrected chi connectivity index (χ2v) is 7.71. The largest absolute Gasteiger partial charge is 0.378 e. The van der Waals surface area contributed by atoms with Crippen molar-refractivity contribution in [1.29, 1.82) is 0 Å². The molecular weight excluding hydrogens is 296 g/mol. The summed E-state index contributed by atoms with van der Waals surface area (Å²) in [6.45, 7) is 1.16. The first-order valence-electron chi connectivity index (χ1n) is 5.80. The van der Waals surface area contributed by atoms with Gasteiger partial charge in [-0.2, -0.15) is 0 Å². The van der Waals surface area contributed by atoms with Crippen molar-refractivity contribution < 1.29 is 13.2 Å².